The normalized spacial score (nSPS) is 29.4. The van der Waals surface area contributed by atoms with E-state index in [-0.39, 0.29) is 18.3 Å². The maximum Gasteiger partial charge on any atom is 0.392 e. The molecule has 1 aromatic heterocycles. The molecule has 2 nitrogen and oxygen atoms in total. The zero-order valence-corrected chi connectivity index (χ0v) is 12.0. The van der Waals surface area contributed by atoms with Gasteiger partial charge in [0, 0.05) is 18.0 Å². The summed E-state index contributed by atoms with van der Waals surface area (Å²) in [5.74, 6) is 0.0673. The number of nitrogens with one attached hydrogen (secondary N) is 1. The molecule has 0 aliphatic heterocycles. The van der Waals surface area contributed by atoms with Crippen molar-refractivity contribution in [2.45, 2.75) is 64.5 Å². The van der Waals surface area contributed by atoms with Crippen LogP contribution in [-0.4, -0.2) is 16.1 Å². The van der Waals surface area contributed by atoms with Crippen LogP contribution in [0.5, 0.6) is 0 Å². The van der Waals surface area contributed by atoms with E-state index in [2.05, 4.69) is 23.8 Å². The zero-order valence-electron chi connectivity index (χ0n) is 12.0. The van der Waals surface area contributed by atoms with Crippen molar-refractivity contribution in [2.75, 3.05) is 0 Å². The number of fused-ring (bicyclic) bond motifs is 1. The Hall–Kier alpha value is -1.00. The molecule has 0 spiro atoms. The molecule has 2 atom stereocenters. The average molecular weight is 286 g/mol. The second kappa shape index (κ2) is 4.50. The molecule has 2 aliphatic carbocycles. The van der Waals surface area contributed by atoms with E-state index in [9.17, 15) is 13.2 Å². The van der Waals surface area contributed by atoms with Crippen molar-refractivity contribution >= 4 is 0 Å². The number of H-pyrrole nitrogens is 1. The quantitative estimate of drug-likeness (QED) is 0.816. The largest absolute Gasteiger partial charge is 0.392 e. The summed E-state index contributed by atoms with van der Waals surface area (Å²) in [6.07, 6.45) is 0.0249. The summed E-state index contributed by atoms with van der Waals surface area (Å²) >= 11 is 0. The second-order valence-electron chi connectivity index (χ2n) is 6.96. The van der Waals surface area contributed by atoms with Crippen molar-refractivity contribution in [3.05, 3.63) is 17.2 Å². The first-order chi connectivity index (χ1) is 9.27. The number of hydrogen-bond donors (Lipinski definition) is 1. The topological polar surface area (TPSA) is 28.7 Å². The van der Waals surface area contributed by atoms with Crippen molar-refractivity contribution in [2.24, 2.45) is 11.3 Å². The van der Waals surface area contributed by atoms with Gasteiger partial charge in [-0.1, -0.05) is 20.3 Å². The highest BCUT2D eigenvalue weighted by Gasteiger charge is 2.43. The van der Waals surface area contributed by atoms with Gasteiger partial charge in [-0.15, -0.1) is 0 Å². The van der Waals surface area contributed by atoms with Gasteiger partial charge >= 0.3 is 6.18 Å². The van der Waals surface area contributed by atoms with Gasteiger partial charge in [0.15, 0.2) is 0 Å². The lowest BCUT2D eigenvalue weighted by molar-refractivity contribution is -0.177. The van der Waals surface area contributed by atoms with E-state index >= 15 is 0 Å². The van der Waals surface area contributed by atoms with Crippen LogP contribution in [0.25, 0.3) is 0 Å². The van der Waals surface area contributed by atoms with Gasteiger partial charge in [-0.05, 0) is 31.1 Å². The van der Waals surface area contributed by atoms with Gasteiger partial charge in [0.05, 0.1) is 11.6 Å². The predicted molar refractivity (Wildman–Crippen MR) is 70.5 cm³/mol. The van der Waals surface area contributed by atoms with Gasteiger partial charge in [-0.2, -0.15) is 13.2 Å². The number of rotatable bonds is 1. The molecule has 1 aromatic rings. The molecule has 0 aromatic carbocycles. The molecule has 1 saturated carbocycles. The third-order valence-electron chi connectivity index (χ3n) is 5.11. The zero-order chi connectivity index (χ0) is 14.5. The van der Waals surface area contributed by atoms with E-state index in [4.69, 9.17) is 0 Å². The minimum Gasteiger partial charge on any atom is -0.345 e. The SMILES string of the molecule is CC1(C)CCCC1c1nc2c([nH]1)CC(C(F)(F)F)CC2. The van der Waals surface area contributed by atoms with E-state index in [0.717, 1.165) is 30.1 Å². The fraction of sp³-hybridized carbons (Fsp3) is 0.800. The lowest BCUT2D eigenvalue weighted by Gasteiger charge is -2.25. The molecular formula is C15H21F3N2. The minimum absolute atomic E-state index is 0.0684. The number of hydrogen-bond acceptors (Lipinski definition) is 1. The first-order valence-corrected chi connectivity index (χ1v) is 7.42. The van der Waals surface area contributed by atoms with Crippen LogP contribution in [0.4, 0.5) is 13.2 Å². The number of imidazole rings is 1. The number of aromatic amines is 1. The highest BCUT2D eigenvalue weighted by molar-refractivity contribution is 5.22. The van der Waals surface area contributed by atoms with Gasteiger partial charge < -0.3 is 4.98 Å². The van der Waals surface area contributed by atoms with Crippen molar-refractivity contribution in [3.63, 3.8) is 0 Å². The number of halogens is 3. The van der Waals surface area contributed by atoms with Gasteiger partial charge in [-0.3, -0.25) is 0 Å². The van der Waals surface area contributed by atoms with Crippen molar-refractivity contribution in [3.8, 4) is 0 Å². The molecular weight excluding hydrogens is 265 g/mol. The van der Waals surface area contributed by atoms with Gasteiger partial charge in [0.25, 0.3) is 0 Å². The summed E-state index contributed by atoms with van der Waals surface area (Å²) in [5.41, 5.74) is 1.78. The summed E-state index contributed by atoms with van der Waals surface area (Å²) in [6, 6.07) is 0. The Morgan fingerprint density at radius 1 is 1.25 bits per heavy atom. The molecule has 2 unspecified atom stereocenters. The fourth-order valence-electron chi connectivity index (χ4n) is 3.78. The van der Waals surface area contributed by atoms with Gasteiger partial charge in [0.2, 0.25) is 0 Å². The van der Waals surface area contributed by atoms with Gasteiger partial charge in [0.1, 0.15) is 5.82 Å². The van der Waals surface area contributed by atoms with Crippen LogP contribution >= 0.6 is 0 Å². The predicted octanol–water partition coefficient (Wildman–Crippen LogP) is 4.37. The molecule has 5 heteroatoms. The third kappa shape index (κ3) is 2.35. The third-order valence-corrected chi connectivity index (χ3v) is 5.11. The summed E-state index contributed by atoms with van der Waals surface area (Å²) in [7, 11) is 0. The monoisotopic (exact) mass is 286 g/mol. The van der Waals surface area contributed by atoms with Crippen LogP contribution in [-0.2, 0) is 12.8 Å². The average Bonchev–Trinajstić information content (AvgIpc) is 2.88. The van der Waals surface area contributed by atoms with Crippen LogP contribution in [0.15, 0.2) is 0 Å². The van der Waals surface area contributed by atoms with Crippen LogP contribution in [0.3, 0.4) is 0 Å². The van der Waals surface area contributed by atoms with Crippen molar-refractivity contribution in [1.82, 2.24) is 9.97 Å². The molecule has 3 rings (SSSR count). The lowest BCUT2D eigenvalue weighted by Crippen LogP contribution is -2.28. The maximum atomic E-state index is 12.8. The van der Waals surface area contributed by atoms with E-state index in [1.54, 1.807) is 0 Å². The van der Waals surface area contributed by atoms with E-state index < -0.39 is 12.1 Å². The molecule has 0 amide bonds. The molecule has 0 saturated heterocycles. The maximum absolute atomic E-state index is 12.8. The molecule has 20 heavy (non-hydrogen) atoms. The Morgan fingerprint density at radius 3 is 2.60 bits per heavy atom. The number of alkyl halides is 3. The molecule has 1 N–H and O–H groups in total. The van der Waals surface area contributed by atoms with Crippen LogP contribution < -0.4 is 0 Å². The molecule has 1 heterocycles. The number of aromatic nitrogens is 2. The van der Waals surface area contributed by atoms with Crippen molar-refractivity contribution < 1.29 is 13.2 Å². The van der Waals surface area contributed by atoms with E-state index in [0.29, 0.717) is 12.3 Å². The van der Waals surface area contributed by atoms with Crippen LogP contribution in [0.2, 0.25) is 0 Å². The highest BCUT2D eigenvalue weighted by atomic mass is 19.4. The van der Waals surface area contributed by atoms with Crippen LogP contribution in [0.1, 0.15) is 62.7 Å². The summed E-state index contributed by atoms with van der Waals surface area (Å²) in [5, 5.41) is 0. The Bertz CT molecular complexity index is 502. The number of aryl methyl sites for hydroxylation is 1. The molecule has 0 bridgehead atoms. The summed E-state index contributed by atoms with van der Waals surface area (Å²) in [4.78, 5) is 7.84. The lowest BCUT2D eigenvalue weighted by atomic mass is 9.81. The Balaban J connectivity index is 1.84. The van der Waals surface area contributed by atoms with Crippen molar-refractivity contribution in [1.29, 1.82) is 0 Å². The summed E-state index contributed by atoms with van der Waals surface area (Å²) < 4.78 is 38.5. The van der Waals surface area contributed by atoms with Gasteiger partial charge in [-0.25, -0.2) is 4.98 Å². The molecule has 2 aliphatic rings. The smallest absolute Gasteiger partial charge is 0.345 e. The second-order valence-corrected chi connectivity index (χ2v) is 6.96. The minimum atomic E-state index is -4.09. The fourth-order valence-corrected chi connectivity index (χ4v) is 3.78. The molecule has 1 fully saturated rings. The molecule has 112 valence electrons. The standard InChI is InChI=1S/C15H21F3N2/c1-14(2)7-3-4-10(14)13-19-11-6-5-9(15(16,17)18)8-12(11)20-13/h9-10H,3-8H2,1-2H3,(H,19,20). The molecule has 0 radical (unpaired) electrons. The highest BCUT2D eigenvalue weighted by Crippen LogP contribution is 2.48. The Morgan fingerprint density at radius 2 is 2.00 bits per heavy atom. The van der Waals surface area contributed by atoms with E-state index in [1.807, 2.05) is 0 Å². The Kier molecular flexibility index (Phi) is 3.14. The van der Waals surface area contributed by atoms with Crippen LogP contribution in [0, 0.1) is 11.3 Å². The first-order valence-electron chi connectivity index (χ1n) is 7.42. The Labute approximate surface area is 117 Å². The number of nitrogens with zero attached hydrogens (tertiary/aromatic N) is 1. The summed E-state index contributed by atoms with van der Waals surface area (Å²) in [6.45, 7) is 4.45. The first kappa shape index (κ1) is 14.0. The van der Waals surface area contributed by atoms with E-state index in [1.165, 1.54) is 6.42 Å².